The van der Waals surface area contributed by atoms with Gasteiger partial charge >= 0.3 is 5.97 Å². The van der Waals surface area contributed by atoms with Crippen molar-refractivity contribution in [1.82, 2.24) is 4.31 Å². The number of esters is 1. The van der Waals surface area contributed by atoms with Crippen molar-refractivity contribution in [3.63, 3.8) is 0 Å². The van der Waals surface area contributed by atoms with Crippen LogP contribution in [0.3, 0.4) is 0 Å². The van der Waals surface area contributed by atoms with Crippen molar-refractivity contribution in [2.24, 2.45) is 0 Å². The van der Waals surface area contributed by atoms with Crippen LogP contribution in [0.1, 0.15) is 23.2 Å². The topological polar surface area (TPSA) is 89.7 Å². The van der Waals surface area contributed by atoms with E-state index in [9.17, 15) is 13.2 Å². The SMILES string of the molecule is C=CCCCN(C)S(=O)(=O)c1ccc(N)cc1C(=O)OC. The van der Waals surface area contributed by atoms with Gasteiger partial charge in [-0.2, -0.15) is 0 Å². The molecule has 0 fully saturated rings. The van der Waals surface area contributed by atoms with Crippen LogP contribution < -0.4 is 5.73 Å². The lowest BCUT2D eigenvalue weighted by Crippen LogP contribution is -2.29. The van der Waals surface area contributed by atoms with Crippen molar-refractivity contribution in [3.05, 3.63) is 36.4 Å². The molecule has 0 saturated carbocycles. The highest BCUT2D eigenvalue weighted by molar-refractivity contribution is 7.89. The van der Waals surface area contributed by atoms with Crippen molar-refractivity contribution in [3.8, 4) is 0 Å². The molecule has 0 saturated heterocycles. The molecule has 1 aromatic rings. The molecule has 0 aromatic heterocycles. The summed E-state index contributed by atoms with van der Waals surface area (Å²) in [5.41, 5.74) is 5.84. The first kappa shape index (κ1) is 17.2. The predicted molar refractivity (Wildman–Crippen MR) is 81.4 cm³/mol. The second-order valence-electron chi connectivity index (χ2n) is 4.50. The van der Waals surface area contributed by atoms with Crippen molar-refractivity contribution in [2.45, 2.75) is 17.7 Å². The Morgan fingerprint density at radius 1 is 1.48 bits per heavy atom. The van der Waals surface area contributed by atoms with Gasteiger partial charge in [-0.15, -0.1) is 6.58 Å². The first-order valence-electron chi connectivity index (χ1n) is 6.39. The zero-order chi connectivity index (χ0) is 16.0. The number of nitrogen functional groups attached to an aromatic ring is 1. The molecule has 0 amide bonds. The predicted octanol–water partition coefficient (Wildman–Crippen LogP) is 1.64. The van der Waals surface area contributed by atoms with E-state index in [4.69, 9.17) is 5.73 Å². The number of hydrogen-bond acceptors (Lipinski definition) is 5. The summed E-state index contributed by atoms with van der Waals surface area (Å²) >= 11 is 0. The minimum absolute atomic E-state index is 0.0620. The number of nitrogens with two attached hydrogens (primary N) is 1. The normalized spacial score (nSPS) is 11.4. The van der Waals surface area contributed by atoms with E-state index in [0.717, 1.165) is 0 Å². The van der Waals surface area contributed by atoms with Crippen LogP contribution >= 0.6 is 0 Å². The van der Waals surface area contributed by atoms with Gasteiger partial charge in [-0.25, -0.2) is 17.5 Å². The van der Waals surface area contributed by atoms with E-state index >= 15 is 0 Å². The Bertz CT molecular complexity index is 626. The smallest absolute Gasteiger partial charge is 0.339 e. The molecule has 0 aliphatic carbocycles. The largest absolute Gasteiger partial charge is 0.465 e. The fraction of sp³-hybridized carbons (Fsp3) is 0.357. The number of benzene rings is 1. The molecule has 116 valence electrons. The van der Waals surface area contributed by atoms with E-state index in [2.05, 4.69) is 11.3 Å². The average Bonchev–Trinajstić information content (AvgIpc) is 2.46. The van der Waals surface area contributed by atoms with Crippen LogP contribution in [-0.4, -0.2) is 39.4 Å². The molecule has 0 radical (unpaired) electrons. The summed E-state index contributed by atoms with van der Waals surface area (Å²) in [6, 6.07) is 4.06. The summed E-state index contributed by atoms with van der Waals surface area (Å²) in [5, 5.41) is 0. The fourth-order valence-electron chi connectivity index (χ4n) is 1.79. The molecule has 6 nitrogen and oxygen atoms in total. The molecule has 7 heteroatoms. The maximum absolute atomic E-state index is 12.5. The minimum atomic E-state index is -3.78. The number of ether oxygens (including phenoxy) is 1. The molecule has 1 rings (SSSR count). The van der Waals surface area contributed by atoms with E-state index in [1.165, 1.54) is 36.7 Å². The van der Waals surface area contributed by atoms with Crippen LogP contribution in [0.2, 0.25) is 0 Å². The van der Waals surface area contributed by atoms with Crippen molar-refractivity contribution in [2.75, 3.05) is 26.4 Å². The average molecular weight is 312 g/mol. The highest BCUT2D eigenvalue weighted by atomic mass is 32.2. The third-order valence-corrected chi connectivity index (χ3v) is 4.89. The molecule has 2 N–H and O–H groups in total. The molecule has 0 bridgehead atoms. The van der Waals surface area contributed by atoms with Crippen LogP contribution in [-0.2, 0) is 14.8 Å². The summed E-state index contributed by atoms with van der Waals surface area (Å²) in [5.74, 6) is -0.736. The van der Waals surface area contributed by atoms with Crippen molar-refractivity contribution >= 4 is 21.7 Å². The number of methoxy groups -OCH3 is 1. The zero-order valence-electron chi connectivity index (χ0n) is 12.2. The molecule has 21 heavy (non-hydrogen) atoms. The third kappa shape index (κ3) is 4.05. The molecule has 0 heterocycles. The summed E-state index contributed by atoms with van der Waals surface area (Å²) in [6.07, 6.45) is 3.09. The van der Waals surface area contributed by atoms with E-state index in [-0.39, 0.29) is 10.5 Å². The van der Waals surface area contributed by atoms with Crippen molar-refractivity contribution < 1.29 is 17.9 Å². The summed E-state index contributed by atoms with van der Waals surface area (Å²) < 4.78 is 30.9. The van der Waals surface area contributed by atoms with E-state index in [1.54, 1.807) is 6.08 Å². The Morgan fingerprint density at radius 3 is 2.71 bits per heavy atom. The number of nitrogens with zero attached hydrogens (tertiary/aromatic N) is 1. The fourth-order valence-corrected chi connectivity index (χ4v) is 3.15. The highest BCUT2D eigenvalue weighted by Gasteiger charge is 2.26. The standard InChI is InChI=1S/C14H20N2O4S/c1-4-5-6-9-16(2)21(18,19)13-8-7-11(15)10-12(13)14(17)20-3/h4,7-8,10H,1,5-6,9,15H2,2-3H3. The van der Waals surface area contributed by atoms with Gasteiger partial charge in [-0.05, 0) is 31.0 Å². The Morgan fingerprint density at radius 2 is 2.14 bits per heavy atom. The van der Waals surface area contributed by atoms with Gasteiger partial charge in [0.25, 0.3) is 0 Å². The van der Waals surface area contributed by atoms with Gasteiger partial charge in [0.1, 0.15) is 0 Å². The Balaban J connectivity index is 3.18. The van der Waals surface area contributed by atoms with Gasteiger partial charge in [0, 0.05) is 19.3 Å². The lowest BCUT2D eigenvalue weighted by Gasteiger charge is -2.18. The second-order valence-corrected chi connectivity index (χ2v) is 6.52. The maximum atomic E-state index is 12.5. The quantitative estimate of drug-likeness (QED) is 0.358. The van der Waals surface area contributed by atoms with Crippen LogP contribution in [0.5, 0.6) is 0 Å². The zero-order valence-corrected chi connectivity index (χ0v) is 13.0. The Labute approximate surface area is 125 Å². The van der Waals surface area contributed by atoms with Gasteiger partial charge in [-0.3, -0.25) is 0 Å². The molecular formula is C14H20N2O4S. The number of sulfonamides is 1. The highest BCUT2D eigenvalue weighted by Crippen LogP contribution is 2.23. The molecule has 0 aliphatic heterocycles. The molecule has 1 aromatic carbocycles. The molecule has 0 unspecified atom stereocenters. The van der Waals surface area contributed by atoms with Gasteiger partial charge in [0.05, 0.1) is 17.6 Å². The summed E-state index contributed by atoms with van der Waals surface area (Å²) in [7, 11) is -1.12. The van der Waals surface area contributed by atoms with Gasteiger partial charge in [0.2, 0.25) is 10.0 Å². The molecule has 0 aliphatic rings. The Hall–Kier alpha value is -1.86. The number of carbonyl (C=O) groups excluding carboxylic acids is 1. The minimum Gasteiger partial charge on any atom is -0.465 e. The van der Waals surface area contributed by atoms with E-state index in [0.29, 0.717) is 25.1 Å². The lowest BCUT2D eigenvalue weighted by atomic mass is 10.2. The first-order chi connectivity index (χ1) is 9.84. The maximum Gasteiger partial charge on any atom is 0.339 e. The van der Waals surface area contributed by atoms with Gasteiger partial charge < -0.3 is 10.5 Å². The molecular weight excluding hydrogens is 292 g/mol. The lowest BCUT2D eigenvalue weighted by molar-refractivity contribution is 0.0596. The number of rotatable bonds is 7. The molecule has 0 atom stereocenters. The van der Waals surface area contributed by atoms with Crippen LogP contribution in [0.4, 0.5) is 5.69 Å². The molecule has 0 spiro atoms. The summed E-state index contributed by atoms with van der Waals surface area (Å²) in [4.78, 5) is 11.6. The van der Waals surface area contributed by atoms with Gasteiger partial charge in [-0.1, -0.05) is 6.08 Å². The number of unbranched alkanes of at least 4 members (excludes halogenated alkanes) is 1. The number of allylic oxidation sites excluding steroid dienone is 1. The van der Waals surface area contributed by atoms with E-state index < -0.39 is 16.0 Å². The van der Waals surface area contributed by atoms with Crippen LogP contribution in [0.25, 0.3) is 0 Å². The summed E-state index contributed by atoms with van der Waals surface area (Å²) in [6.45, 7) is 3.93. The third-order valence-electron chi connectivity index (χ3n) is 2.98. The van der Waals surface area contributed by atoms with E-state index in [1.807, 2.05) is 0 Å². The number of hydrogen-bond donors (Lipinski definition) is 1. The van der Waals surface area contributed by atoms with Crippen LogP contribution in [0.15, 0.2) is 35.7 Å². The second kappa shape index (κ2) is 7.24. The Kier molecular flexibility index (Phi) is 5.92. The van der Waals surface area contributed by atoms with Crippen LogP contribution in [0, 0.1) is 0 Å². The monoisotopic (exact) mass is 312 g/mol. The number of anilines is 1. The van der Waals surface area contributed by atoms with Gasteiger partial charge in [0.15, 0.2) is 0 Å². The number of carbonyl (C=O) groups is 1. The first-order valence-corrected chi connectivity index (χ1v) is 7.83. The van der Waals surface area contributed by atoms with Crippen molar-refractivity contribution in [1.29, 1.82) is 0 Å².